The van der Waals surface area contributed by atoms with Crippen LogP contribution in [-0.4, -0.2) is 58.6 Å². The van der Waals surface area contributed by atoms with Crippen molar-refractivity contribution in [2.45, 2.75) is 20.0 Å². The Labute approximate surface area is 157 Å². The molecule has 0 aliphatic carbocycles. The van der Waals surface area contributed by atoms with Crippen molar-refractivity contribution in [2.75, 3.05) is 32.7 Å². The van der Waals surface area contributed by atoms with E-state index >= 15 is 0 Å². The molecule has 0 amide bonds. The van der Waals surface area contributed by atoms with Crippen LogP contribution in [0.25, 0.3) is 0 Å². The number of hydrogen-bond donors (Lipinski definition) is 1. The maximum Gasteiger partial charge on any atom is 0.269 e. The number of non-ortho nitro benzene ring substituents is 1. The summed E-state index contributed by atoms with van der Waals surface area (Å²) in [6.07, 6.45) is 1.60. The summed E-state index contributed by atoms with van der Waals surface area (Å²) in [7, 11) is 0. The fraction of sp³-hybridized carbons (Fsp3) is 0.444. The van der Waals surface area contributed by atoms with E-state index in [1.165, 1.54) is 12.1 Å². The fourth-order valence-corrected chi connectivity index (χ4v) is 2.98. The molecule has 0 unspecified atom stereocenters. The van der Waals surface area contributed by atoms with Crippen LogP contribution in [-0.2, 0) is 13.1 Å². The monoisotopic (exact) mass is 372 g/mol. The molecule has 2 aromatic rings. The lowest BCUT2D eigenvalue weighted by Crippen LogP contribution is -2.52. The zero-order valence-corrected chi connectivity index (χ0v) is 15.4. The molecule has 9 nitrogen and oxygen atoms in total. The van der Waals surface area contributed by atoms with E-state index in [9.17, 15) is 10.1 Å². The second-order valence-corrected chi connectivity index (χ2v) is 6.35. The van der Waals surface area contributed by atoms with Crippen molar-refractivity contribution < 1.29 is 9.45 Å². The average Bonchev–Trinajstić information content (AvgIpc) is 3.19. The topological polar surface area (TPSA) is 100 Å². The van der Waals surface area contributed by atoms with E-state index in [1.54, 1.807) is 18.4 Å². The lowest BCUT2D eigenvalue weighted by atomic mass is 10.2. The summed E-state index contributed by atoms with van der Waals surface area (Å²) in [5, 5.41) is 18.0. The predicted octanol–water partition coefficient (Wildman–Crippen LogP) is 1.87. The molecule has 0 bridgehead atoms. The van der Waals surface area contributed by atoms with E-state index in [0.29, 0.717) is 6.54 Å². The van der Waals surface area contributed by atoms with Crippen LogP contribution in [0.1, 0.15) is 18.2 Å². The molecule has 1 aliphatic heterocycles. The van der Waals surface area contributed by atoms with E-state index in [4.69, 9.17) is 9.52 Å². The lowest BCUT2D eigenvalue weighted by molar-refractivity contribution is -0.384. The van der Waals surface area contributed by atoms with Crippen molar-refractivity contribution in [3.63, 3.8) is 0 Å². The summed E-state index contributed by atoms with van der Waals surface area (Å²) in [6.45, 7) is 7.72. The second-order valence-electron chi connectivity index (χ2n) is 6.35. The maximum atomic E-state index is 10.7. The summed E-state index contributed by atoms with van der Waals surface area (Å²) in [5.41, 5.74) is 1.99. The third kappa shape index (κ3) is 5.27. The van der Waals surface area contributed by atoms with Gasteiger partial charge in [0.05, 0.1) is 17.2 Å². The number of aliphatic imine (C=N–C) groups is 1. The molecule has 1 N–H and O–H groups in total. The van der Waals surface area contributed by atoms with Gasteiger partial charge in [0.25, 0.3) is 5.69 Å². The van der Waals surface area contributed by atoms with E-state index < -0.39 is 4.92 Å². The molecule has 1 aromatic carbocycles. The Morgan fingerprint density at radius 2 is 2.00 bits per heavy atom. The number of benzene rings is 1. The van der Waals surface area contributed by atoms with Crippen LogP contribution < -0.4 is 5.32 Å². The number of guanidine groups is 1. The van der Waals surface area contributed by atoms with Gasteiger partial charge in [-0.1, -0.05) is 17.3 Å². The molecule has 27 heavy (non-hydrogen) atoms. The van der Waals surface area contributed by atoms with Crippen LogP contribution >= 0.6 is 0 Å². The number of nitrogens with zero attached hydrogens (tertiary/aromatic N) is 5. The van der Waals surface area contributed by atoms with Gasteiger partial charge in [0.15, 0.2) is 5.96 Å². The van der Waals surface area contributed by atoms with Gasteiger partial charge in [0.1, 0.15) is 6.26 Å². The van der Waals surface area contributed by atoms with Gasteiger partial charge in [-0.3, -0.25) is 15.0 Å². The lowest BCUT2D eigenvalue weighted by Gasteiger charge is -2.36. The minimum Gasteiger partial charge on any atom is -0.364 e. The first-order valence-electron chi connectivity index (χ1n) is 9.04. The Balaban J connectivity index is 1.56. The molecule has 3 rings (SSSR count). The summed E-state index contributed by atoms with van der Waals surface area (Å²) in [6, 6.07) is 8.42. The van der Waals surface area contributed by atoms with Gasteiger partial charge >= 0.3 is 0 Å². The van der Waals surface area contributed by atoms with Crippen molar-refractivity contribution >= 4 is 11.6 Å². The standard InChI is InChI=1S/C18H24N6O3/c1-2-19-18(20-13-15-3-5-17(6-4-15)24(25)26)23-10-8-22(9-11-23)14-16-7-12-27-21-16/h3-7,12H,2,8-11,13-14H2,1H3,(H,19,20). The SMILES string of the molecule is CCNC(=NCc1ccc([N+](=O)[O-])cc1)N1CCN(Cc2ccon2)CC1. The molecule has 1 aliphatic rings. The van der Waals surface area contributed by atoms with Gasteiger partial charge < -0.3 is 14.7 Å². The van der Waals surface area contributed by atoms with E-state index in [0.717, 1.165) is 56.5 Å². The van der Waals surface area contributed by atoms with Crippen LogP contribution in [0.15, 0.2) is 46.1 Å². The molecule has 1 aromatic heterocycles. The van der Waals surface area contributed by atoms with E-state index in [-0.39, 0.29) is 5.69 Å². The second kappa shape index (κ2) is 9.13. The zero-order chi connectivity index (χ0) is 19.1. The van der Waals surface area contributed by atoms with E-state index in [2.05, 4.69) is 20.3 Å². The molecule has 9 heteroatoms. The number of rotatable bonds is 6. The smallest absolute Gasteiger partial charge is 0.269 e. The predicted molar refractivity (Wildman–Crippen MR) is 101 cm³/mol. The van der Waals surface area contributed by atoms with Gasteiger partial charge in [0.2, 0.25) is 0 Å². The highest BCUT2D eigenvalue weighted by atomic mass is 16.6. The van der Waals surface area contributed by atoms with Crippen LogP contribution in [0.3, 0.4) is 0 Å². The van der Waals surface area contributed by atoms with Crippen LogP contribution in [0.2, 0.25) is 0 Å². The number of nitro groups is 1. The molecule has 0 radical (unpaired) electrons. The summed E-state index contributed by atoms with van der Waals surface area (Å²) >= 11 is 0. The Bertz CT molecular complexity index is 752. The van der Waals surface area contributed by atoms with Crippen molar-refractivity contribution in [1.82, 2.24) is 20.3 Å². The number of piperazine rings is 1. The van der Waals surface area contributed by atoms with Crippen LogP contribution in [0.5, 0.6) is 0 Å². The molecule has 0 saturated carbocycles. The third-order valence-electron chi connectivity index (χ3n) is 4.44. The van der Waals surface area contributed by atoms with Crippen molar-refractivity contribution in [3.05, 3.63) is 58.0 Å². The highest BCUT2D eigenvalue weighted by molar-refractivity contribution is 5.80. The Morgan fingerprint density at radius 3 is 2.59 bits per heavy atom. The first-order valence-corrected chi connectivity index (χ1v) is 9.04. The minimum absolute atomic E-state index is 0.0953. The summed E-state index contributed by atoms with van der Waals surface area (Å²) < 4.78 is 4.89. The number of nitrogens with one attached hydrogen (secondary N) is 1. The Hall–Kier alpha value is -2.94. The molecular formula is C18H24N6O3. The van der Waals surface area contributed by atoms with Gasteiger partial charge in [0, 0.05) is 57.5 Å². The number of nitro benzene ring substituents is 1. The Kier molecular flexibility index (Phi) is 6.37. The van der Waals surface area contributed by atoms with Gasteiger partial charge in [-0.2, -0.15) is 0 Å². The highest BCUT2D eigenvalue weighted by Gasteiger charge is 2.20. The first kappa shape index (κ1) is 18.8. The normalized spacial score (nSPS) is 15.7. The quantitative estimate of drug-likeness (QED) is 0.357. The fourth-order valence-electron chi connectivity index (χ4n) is 2.98. The van der Waals surface area contributed by atoms with Crippen LogP contribution in [0, 0.1) is 10.1 Å². The van der Waals surface area contributed by atoms with Crippen molar-refractivity contribution in [1.29, 1.82) is 0 Å². The molecule has 0 atom stereocenters. The third-order valence-corrected chi connectivity index (χ3v) is 4.44. The molecule has 144 valence electrons. The van der Waals surface area contributed by atoms with Crippen molar-refractivity contribution in [3.8, 4) is 0 Å². The molecule has 1 fully saturated rings. The molecule has 1 saturated heterocycles. The van der Waals surface area contributed by atoms with Crippen LogP contribution in [0.4, 0.5) is 5.69 Å². The minimum atomic E-state index is -0.393. The maximum absolute atomic E-state index is 10.7. The van der Waals surface area contributed by atoms with E-state index in [1.807, 2.05) is 13.0 Å². The molecule has 0 spiro atoms. The zero-order valence-electron chi connectivity index (χ0n) is 15.4. The Morgan fingerprint density at radius 1 is 1.26 bits per heavy atom. The largest absolute Gasteiger partial charge is 0.364 e. The number of hydrogen-bond acceptors (Lipinski definition) is 6. The molecular weight excluding hydrogens is 348 g/mol. The van der Waals surface area contributed by atoms with Gasteiger partial charge in [-0.05, 0) is 12.5 Å². The summed E-state index contributed by atoms with van der Waals surface area (Å²) in [4.78, 5) is 19.6. The number of aromatic nitrogens is 1. The van der Waals surface area contributed by atoms with Gasteiger partial charge in [-0.25, -0.2) is 4.99 Å². The van der Waals surface area contributed by atoms with Crippen molar-refractivity contribution in [2.24, 2.45) is 4.99 Å². The summed E-state index contributed by atoms with van der Waals surface area (Å²) in [5.74, 6) is 0.872. The molecule has 2 heterocycles. The van der Waals surface area contributed by atoms with Gasteiger partial charge in [-0.15, -0.1) is 0 Å². The average molecular weight is 372 g/mol. The highest BCUT2D eigenvalue weighted by Crippen LogP contribution is 2.13. The first-order chi connectivity index (χ1) is 13.2.